The number of aliphatic hydroxyl groups is 3. The molecule has 3 unspecified atom stereocenters. The molecule has 386 valence electrons. The zero-order chi connectivity index (χ0) is 47.9. The van der Waals surface area contributed by atoms with Crippen molar-refractivity contribution in [1.29, 1.82) is 0 Å². The molecule has 5 heteroatoms. The molecule has 0 aromatic rings. The first-order valence-electron chi connectivity index (χ1n) is 29.1. The van der Waals surface area contributed by atoms with Gasteiger partial charge in [-0.3, -0.25) is 4.79 Å². The normalized spacial score (nSPS) is 13.7. The van der Waals surface area contributed by atoms with Gasteiger partial charge in [0.1, 0.15) is 0 Å². The van der Waals surface area contributed by atoms with Crippen LogP contribution in [0, 0.1) is 0 Å². The van der Waals surface area contributed by atoms with E-state index in [1.165, 1.54) is 225 Å². The highest BCUT2D eigenvalue weighted by atomic mass is 16.3. The van der Waals surface area contributed by atoms with Crippen LogP contribution in [-0.2, 0) is 4.79 Å². The van der Waals surface area contributed by atoms with Crippen LogP contribution in [0.3, 0.4) is 0 Å². The van der Waals surface area contributed by atoms with E-state index >= 15 is 0 Å². The standard InChI is InChI=1S/C61H113NO4/c1-3-5-7-9-11-13-15-17-19-21-23-25-27-28-29-30-31-32-33-34-36-38-40-42-44-46-48-50-52-54-58(64)56-61(66)62-59(57-63)60(65)55-53-51-49-47-45-43-41-39-37-35-26-24-22-20-18-16-14-12-10-8-6-4-2/h23,25,28-29,37,39,45,47,53,55,58-60,63-65H,3-22,24,26-27,30-36,38,40-44,46,48-52,54,56-57H2,1-2H3,(H,62,66)/b25-23-,29-28-,39-37+,47-45+,55-53+. The molecule has 0 saturated carbocycles. The lowest BCUT2D eigenvalue weighted by molar-refractivity contribution is -0.124. The Labute approximate surface area is 411 Å². The second-order valence-corrected chi connectivity index (χ2v) is 19.9. The fraction of sp³-hybridized carbons (Fsp3) is 0.820. The highest BCUT2D eigenvalue weighted by molar-refractivity contribution is 5.76. The van der Waals surface area contributed by atoms with Gasteiger partial charge in [-0.2, -0.15) is 0 Å². The number of rotatable bonds is 53. The van der Waals surface area contributed by atoms with Crippen molar-refractivity contribution in [3.63, 3.8) is 0 Å². The highest BCUT2D eigenvalue weighted by Gasteiger charge is 2.20. The largest absolute Gasteiger partial charge is 0.394 e. The SMILES string of the molecule is CCCCCCCCCCC/C=C\C/C=C\CCCCCCCCCCCCCCCC(O)CC(=O)NC(CO)C(O)/C=C/CC/C=C/CC/C=C/CCCCCCCCCCCCCC. The molecule has 0 spiro atoms. The van der Waals surface area contributed by atoms with Gasteiger partial charge in [-0.1, -0.05) is 274 Å². The predicted molar refractivity (Wildman–Crippen MR) is 291 cm³/mol. The minimum Gasteiger partial charge on any atom is -0.394 e. The molecule has 0 saturated heterocycles. The van der Waals surface area contributed by atoms with E-state index in [4.69, 9.17) is 0 Å². The fourth-order valence-electron chi connectivity index (χ4n) is 8.82. The highest BCUT2D eigenvalue weighted by Crippen LogP contribution is 2.16. The van der Waals surface area contributed by atoms with Crippen molar-refractivity contribution in [3.8, 4) is 0 Å². The fourth-order valence-corrected chi connectivity index (χ4v) is 8.82. The van der Waals surface area contributed by atoms with E-state index in [1.807, 2.05) is 6.08 Å². The summed E-state index contributed by atoms with van der Waals surface area (Å²) in [5.74, 6) is -0.328. The molecule has 0 aliphatic rings. The Bertz CT molecular complexity index is 1110. The summed E-state index contributed by atoms with van der Waals surface area (Å²) in [6.45, 7) is 4.22. The van der Waals surface area contributed by atoms with Gasteiger partial charge in [0.05, 0.1) is 31.3 Å². The Morgan fingerprint density at radius 3 is 1.06 bits per heavy atom. The summed E-state index contributed by atoms with van der Waals surface area (Å²) in [6.07, 6.45) is 75.6. The molecule has 0 rings (SSSR count). The molecule has 0 fully saturated rings. The third kappa shape index (κ3) is 51.4. The van der Waals surface area contributed by atoms with Crippen LogP contribution in [0.5, 0.6) is 0 Å². The average Bonchev–Trinajstić information content (AvgIpc) is 3.31. The van der Waals surface area contributed by atoms with Gasteiger partial charge in [0, 0.05) is 0 Å². The number of hydrogen-bond acceptors (Lipinski definition) is 4. The lowest BCUT2D eigenvalue weighted by Gasteiger charge is -2.21. The van der Waals surface area contributed by atoms with Gasteiger partial charge in [0.2, 0.25) is 5.91 Å². The van der Waals surface area contributed by atoms with Crippen molar-refractivity contribution < 1.29 is 20.1 Å². The van der Waals surface area contributed by atoms with Crippen molar-refractivity contribution in [2.24, 2.45) is 0 Å². The first kappa shape index (κ1) is 64.0. The van der Waals surface area contributed by atoms with E-state index in [-0.39, 0.29) is 18.9 Å². The van der Waals surface area contributed by atoms with Gasteiger partial charge in [-0.25, -0.2) is 0 Å². The predicted octanol–water partition coefficient (Wildman–Crippen LogP) is 18.2. The summed E-state index contributed by atoms with van der Waals surface area (Å²) in [4.78, 5) is 12.5. The third-order valence-corrected chi connectivity index (χ3v) is 13.3. The van der Waals surface area contributed by atoms with Crippen LogP contribution in [0.1, 0.15) is 296 Å². The molecule has 0 aliphatic carbocycles. The van der Waals surface area contributed by atoms with Gasteiger partial charge in [0.15, 0.2) is 0 Å². The Morgan fingerprint density at radius 1 is 0.394 bits per heavy atom. The van der Waals surface area contributed by atoms with Crippen molar-refractivity contribution in [1.82, 2.24) is 5.32 Å². The molecule has 0 aromatic heterocycles. The van der Waals surface area contributed by atoms with Crippen LogP contribution in [0.4, 0.5) is 0 Å². The van der Waals surface area contributed by atoms with Crippen LogP contribution in [0.15, 0.2) is 60.8 Å². The summed E-state index contributed by atoms with van der Waals surface area (Å²) < 4.78 is 0. The van der Waals surface area contributed by atoms with Gasteiger partial charge in [-0.15, -0.1) is 0 Å². The number of aliphatic hydroxyl groups excluding tert-OH is 3. The number of carbonyl (C=O) groups is 1. The second kappa shape index (κ2) is 55.6. The molecule has 0 aliphatic heterocycles. The quantitative estimate of drug-likeness (QED) is 0.0361. The first-order chi connectivity index (χ1) is 32.5. The molecular weight excluding hydrogens is 811 g/mol. The molecule has 3 atom stereocenters. The smallest absolute Gasteiger partial charge is 0.222 e. The molecule has 0 heterocycles. The zero-order valence-corrected chi connectivity index (χ0v) is 44.1. The number of carbonyl (C=O) groups excluding carboxylic acids is 1. The second-order valence-electron chi connectivity index (χ2n) is 19.9. The van der Waals surface area contributed by atoms with Crippen LogP contribution < -0.4 is 5.32 Å². The lowest BCUT2D eigenvalue weighted by Crippen LogP contribution is -2.45. The van der Waals surface area contributed by atoms with E-state index < -0.39 is 18.2 Å². The van der Waals surface area contributed by atoms with Crippen molar-refractivity contribution in [3.05, 3.63) is 60.8 Å². The molecule has 66 heavy (non-hydrogen) atoms. The summed E-state index contributed by atoms with van der Waals surface area (Å²) in [6, 6.07) is -0.771. The maximum atomic E-state index is 12.5. The van der Waals surface area contributed by atoms with E-state index in [0.717, 1.165) is 44.9 Å². The van der Waals surface area contributed by atoms with Crippen LogP contribution in [0.25, 0.3) is 0 Å². The maximum absolute atomic E-state index is 12.5. The van der Waals surface area contributed by atoms with Crippen LogP contribution in [0.2, 0.25) is 0 Å². The third-order valence-electron chi connectivity index (χ3n) is 13.3. The molecule has 0 radical (unpaired) electrons. The summed E-state index contributed by atoms with van der Waals surface area (Å²) in [5.41, 5.74) is 0. The summed E-state index contributed by atoms with van der Waals surface area (Å²) in [7, 11) is 0. The number of hydrogen-bond donors (Lipinski definition) is 4. The topological polar surface area (TPSA) is 89.8 Å². The Kier molecular flexibility index (Phi) is 54.0. The Balaban J connectivity index is 3.62. The molecule has 1 amide bonds. The van der Waals surface area contributed by atoms with E-state index in [1.54, 1.807) is 6.08 Å². The maximum Gasteiger partial charge on any atom is 0.222 e. The van der Waals surface area contributed by atoms with Crippen LogP contribution >= 0.6 is 0 Å². The molecular formula is C61H113NO4. The van der Waals surface area contributed by atoms with Crippen molar-refractivity contribution in [2.75, 3.05) is 6.61 Å². The number of nitrogens with one attached hydrogen (secondary N) is 1. The van der Waals surface area contributed by atoms with Gasteiger partial charge in [-0.05, 0) is 77.0 Å². The van der Waals surface area contributed by atoms with Crippen LogP contribution in [-0.4, -0.2) is 46.1 Å². The minimum atomic E-state index is -0.963. The van der Waals surface area contributed by atoms with E-state index in [0.29, 0.717) is 6.42 Å². The Morgan fingerprint density at radius 2 is 0.697 bits per heavy atom. The van der Waals surface area contributed by atoms with E-state index in [9.17, 15) is 20.1 Å². The van der Waals surface area contributed by atoms with Gasteiger partial charge in [0.25, 0.3) is 0 Å². The monoisotopic (exact) mass is 924 g/mol. The molecule has 0 bridgehead atoms. The summed E-state index contributed by atoms with van der Waals surface area (Å²) in [5, 5.41) is 33.4. The number of amides is 1. The summed E-state index contributed by atoms with van der Waals surface area (Å²) >= 11 is 0. The molecule has 4 N–H and O–H groups in total. The number of unbranched alkanes of at least 4 members (excludes halogenated alkanes) is 36. The first-order valence-corrected chi connectivity index (χ1v) is 29.1. The van der Waals surface area contributed by atoms with Crippen molar-refractivity contribution >= 4 is 5.91 Å². The molecule has 5 nitrogen and oxygen atoms in total. The number of allylic oxidation sites excluding steroid dienone is 9. The van der Waals surface area contributed by atoms with E-state index in [2.05, 4.69) is 67.8 Å². The average molecular weight is 925 g/mol. The van der Waals surface area contributed by atoms with Crippen molar-refractivity contribution in [2.45, 2.75) is 315 Å². The zero-order valence-electron chi connectivity index (χ0n) is 44.1. The minimum absolute atomic E-state index is 0.000714. The van der Waals surface area contributed by atoms with Gasteiger partial charge >= 0.3 is 0 Å². The van der Waals surface area contributed by atoms with Gasteiger partial charge < -0.3 is 20.6 Å². The Hall–Kier alpha value is -1.95. The lowest BCUT2D eigenvalue weighted by atomic mass is 10.0. The molecule has 0 aromatic carbocycles.